The van der Waals surface area contributed by atoms with Gasteiger partial charge in [0.15, 0.2) is 6.61 Å². The number of nitrogens with one attached hydrogen (secondary N) is 1. The number of hydrogen-bond acceptors (Lipinski definition) is 3. The molecule has 0 fully saturated rings. The third kappa shape index (κ3) is 4.31. The lowest BCUT2D eigenvalue weighted by Crippen LogP contribution is -2.00. The van der Waals surface area contributed by atoms with Crippen molar-refractivity contribution in [2.45, 2.75) is 6.54 Å². The highest BCUT2D eigenvalue weighted by Gasteiger charge is 1.98. The van der Waals surface area contributed by atoms with Crippen LogP contribution in [0.1, 0.15) is 5.56 Å². The Hall–Kier alpha value is -1.99. The molecule has 96 valence electrons. The molecule has 0 spiro atoms. The van der Waals surface area contributed by atoms with Gasteiger partial charge in [-0.3, -0.25) is 0 Å². The summed E-state index contributed by atoms with van der Waals surface area (Å²) in [5.41, 5.74) is 2.16. The van der Waals surface area contributed by atoms with Gasteiger partial charge in [-0.25, -0.2) is 0 Å². The minimum Gasteiger partial charge on any atom is -0.479 e. The maximum atomic E-state index is 8.48. The van der Waals surface area contributed by atoms with Crippen molar-refractivity contribution in [1.29, 1.82) is 5.26 Å². The molecule has 0 atom stereocenters. The molecule has 1 N–H and O–H groups in total. The van der Waals surface area contributed by atoms with Crippen molar-refractivity contribution in [1.82, 2.24) is 0 Å². The topological polar surface area (TPSA) is 45.0 Å². The molecule has 0 aromatic heterocycles. The van der Waals surface area contributed by atoms with E-state index in [2.05, 4.69) is 21.2 Å². The van der Waals surface area contributed by atoms with Crippen LogP contribution in [0.4, 0.5) is 5.69 Å². The Bertz CT molecular complexity index is 593. The van der Waals surface area contributed by atoms with Crippen LogP contribution in [0.25, 0.3) is 0 Å². The highest BCUT2D eigenvalue weighted by molar-refractivity contribution is 9.10. The second-order valence-electron chi connectivity index (χ2n) is 3.96. The van der Waals surface area contributed by atoms with Crippen molar-refractivity contribution in [3.05, 3.63) is 58.6 Å². The Balaban J connectivity index is 1.98. The van der Waals surface area contributed by atoms with E-state index in [4.69, 9.17) is 10.00 Å². The average Bonchev–Trinajstić information content (AvgIpc) is 2.43. The molecular formula is C15H13BrN2O. The lowest BCUT2D eigenvalue weighted by atomic mass is 10.2. The fourth-order valence-corrected chi connectivity index (χ4v) is 2.06. The van der Waals surface area contributed by atoms with Gasteiger partial charge in [-0.1, -0.05) is 34.1 Å². The van der Waals surface area contributed by atoms with E-state index in [-0.39, 0.29) is 6.61 Å². The van der Waals surface area contributed by atoms with E-state index in [1.54, 1.807) is 0 Å². The average molecular weight is 317 g/mol. The Kier molecular flexibility index (Phi) is 4.82. The van der Waals surface area contributed by atoms with E-state index in [1.165, 1.54) is 0 Å². The molecular weight excluding hydrogens is 304 g/mol. The molecule has 0 saturated heterocycles. The maximum absolute atomic E-state index is 8.48. The van der Waals surface area contributed by atoms with Crippen LogP contribution < -0.4 is 10.1 Å². The van der Waals surface area contributed by atoms with Gasteiger partial charge in [-0.2, -0.15) is 5.26 Å². The number of halogens is 1. The van der Waals surface area contributed by atoms with E-state index in [1.807, 2.05) is 54.6 Å². The molecule has 0 aliphatic heterocycles. The summed E-state index contributed by atoms with van der Waals surface area (Å²) in [6.07, 6.45) is 0. The predicted octanol–water partition coefficient (Wildman–Crippen LogP) is 3.96. The Labute approximate surface area is 121 Å². The second kappa shape index (κ2) is 6.81. The van der Waals surface area contributed by atoms with Gasteiger partial charge in [0.2, 0.25) is 0 Å². The van der Waals surface area contributed by atoms with Crippen LogP contribution in [0, 0.1) is 11.3 Å². The minimum atomic E-state index is 0.0719. The van der Waals surface area contributed by atoms with Crippen molar-refractivity contribution in [3.63, 3.8) is 0 Å². The van der Waals surface area contributed by atoms with Gasteiger partial charge >= 0.3 is 0 Å². The Morgan fingerprint density at radius 1 is 1.16 bits per heavy atom. The van der Waals surface area contributed by atoms with Gasteiger partial charge in [0, 0.05) is 16.7 Å². The molecule has 2 aromatic rings. The maximum Gasteiger partial charge on any atom is 0.174 e. The predicted molar refractivity (Wildman–Crippen MR) is 79.0 cm³/mol. The standard InChI is InChI=1S/C15H13BrN2O/c16-13-4-2-5-14(10-13)18-11-12-3-1-6-15(9-12)19-8-7-17/h1-6,9-10,18H,8,11H2. The summed E-state index contributed by atoms with van der Waals surface area (Å²) in [6, 6.07) is 17.7. The van der Waals surface area contributed by atoms with Gasteiger partial charge < -0.3 is 10.1 Å². The van der Waals surface area contributed by atoms with Crippen LogP contribution in [0.15, 0.2) is 53.0 Å². The number of hydrogen-bond donors (Lipinski definition) is 1. The van der Waals surface area contributed by atoms with Crippen LogP contribution in [-0.2, 0) is 6.54 Å². The number of benzene rings is 2. The lowest BCUT2D eigenvalue weighted by Gasteiger charge is -2.08. The number of nitriles is 1. The Morgan fingerprint density at radius 3 is 2.79 bits per heavy atom. The van der Waals surface area contributed by atoms with Gasteiger partial charge in [0.25, 0.3) is 0 Å². The van der Waals surface area contributed by atoms with Gasteiger partial charge in [-0.05, 0) is 35.9 Å². The zero-order valence-electron chi connectivity index (χ0n) is 10.3. The first-order valence-electron chi connectivity index (χ1n) is 5.86. The fraction of sp³-hybridized carbons (Fsp3) is 0.133. The molecule has 0 bridgehead atoms. The summed E-state index contributed by atoms with van der Waals surface area (Å²) < 4.78 is 6.32. The van der Waals surface area contributed by atoms with Crippen molar-refractivity contribution in [2.75, 3.05) is 11.9 Å². The first-order chi connectivity index (χ1) is 9.28. The zero-order valence-corrected chi connectivity index (χ0v) is 11.9. The van der Waals surface area contributed by atoms with Gasteiger partial charge in [0.05, 0.1) is 0 Å². The molecule has 0 radical (unpaired) electrons. The van der Waals surface area contributed by atoms with E-state index in [0.717, 1.165) is 21.5 Å². The first kappa shape index (κ1) is 13.4. The molecule has 0 unspecified atom stereocenters. The number of rotatable bonds is 5. The molecule has 0 aliphatic rings. The smallest absolute Gasteiger partial charge is 0.174 e. The second-order valence-corrected chi connectivity index (χ2v) is 4.87. The van der Waals surface area contributed by atoms with Gasteiger partial charge in [-0.15, -0.1) is 0 Å². The number of ether oxygens (including phenoxy) is 1. The first-order valence-corrected chi connectivity index (χ1v) is 6.65. The fourth-order valence-electron chi connectivity index (χ4n) is 1.66. The van der Waals surface area contributed by atoms with Crippen LogP contribution >= 0.6 is 15.9 Å². The molecule has 0 heterocycles. The van der Waals surface area contributed by atoms with Crippen molar-refractivity contribution >= 4 is 21.6 Å². The molecule has 2 rings (SSSR count). The Morgan fingerprint density at radius 2 is 2.00 bits per heavy atom. The molecule has 2 aromatic carbocycles. The SMILES string of the molecule is N#CCOc1cccc(CNc2cccc(Br)c2)c1. The van der Waals surface area contributed by atoms with E-state index < -0.39 is 0 Å². The molecule has 0 saturated carbocycles. The summed E-state index contributed by atoms with van der Waals surface area (Å²) in [4.78, 5) is 0. The van der Waals surface area contributed by atoms with Crippen LogP contribution in [0.2, 0.25) is 0 Å². The van der Waals surface area contributed by atoms with Crippen LogP contribution in [-0.4, -0.2) is 6.61 Å². The van der Waals surface area contributed by atoms with Crippen LogP contribution in [0.5, 0.6) is 5.75 Å². The van der Waals surface area contributed by atoms with E-state index >= 15 is 0 Å². The van der Waals surface area contributed by atoms with Crippen molar-refractivity contribution in [2.24, 2.45) is 0 Å². The van der Waals surface area contributed by atoms with Gasteiger partial charge in [0.1, 0.15) is 11.8 Å². The molecule has 4 heteroatoms. The van der Waals surface area contributed by atoms with E-state index in [0.29, 0.717) is 6.54 Å². The summed E-state index contributed by atoms with van der Waals surface area (Å²) in [7, 11) is 0. The zero-order chi connectivity index (χ0) is 13.5. The van der Waals surface area contributed by atoms with Crippen molar-refractivity contribution < 1.29 is 4.74 Å². The lowest BCUT2D eigenvalue weighted by molar-refractivity contribution is 0.368. The quantitative estimate of drug-likeness (QED) is 0.908. The number of anilines is 1. The molecule has 0 amide bonds. The highest BCUT2D eigenvalue weighted by Crippen LogP contribution is 2.18. The normalized spacial score (nSPS) is 9.68. The van der Waals surface area contributed by atoms with Crippen LogP contribution in [0.3, 0.4) is 0 Å². The molecule has 3 nitrogen and oxygen atoms in total. The largest absolute Gasteiger partial charge is 0.479 e. The highest BCUT2D eigenvalue weighted by atomic mass is 79.9. The molecule has 0 aliphatic carbocycles. The summed E-state index contributed by atoms with van der Waals surface area (Å²) >= 11 is 3.44. The summed E-state index contributed by atoms with van der Waals surface area (Å²) in [5, 5.41) is 11.8. The summed E-state index contributed by atoms with van der Waals surface area (Å²) in [5.74, 6) is 0.718. The third-order valence-corrected chi connectivity index (χ3v) is 3.02. The summed E-state index contributed by atoms with van der Waals surface area (Å²) in [6.45, 7) is 0.780. The van der Waals surface area contributed by atoms with E-state index in [9.17, 15) is 0 Å². The minimum absolute atomic E-state index is 0.0719. The number of nitrogens with zero attached hydrogens (tertiary/aromatic N) is 1. The third-order valence-electron chi connectivity index (χ3n) is 2.52. The molecule has 19 heavy (non-hydrogen) atoms. The van der Waals surface area contributed by atoms with Crippen molar-refractivity contribution in [3.8, 4) is 11.8 Å². The monoisotopic (exact) mass is 316 g/mol.